The minimum Gasteiger partial charge on any atom is -0.481 e. The van der Waals surface area contributed by atoms with E-state index in [9.17, 15) is 9.59 Å². The zero-order chi connectivity index (χ0) is 10.0. The third-order valence-electron chi connectivity index (χ3n) is 1.96. The summed E-state index contributed by atoms with van der Waals surface area (Å²) in [4.78, 5) is 21.0. The van der Waals surface area contributed by atoms with E-state index < -0.39 is 17.9 Å². The lowest BCUT2D eigenvalue weighted by Gasteiger charge is -2.16. The highest BCUT2D eigenvalue weighted by Crippen LogP contribution is 2.21. The highest BCUT2D eigenvalue weighted by atomic mass is 16.4. The number of carboxylic acids is 2. The van der Waals surface area contributed by atoms with E-state index in [0.717, 1.165) is 0 Å². The minimum absolute atomic E-state index is 0.00741. The number of allylic oxidation sites excluding steroid dienone is 1. The monoisotopic (exact) mass is 183 g/mol. The van der Waals surface area contributed by atoms with Crippen molar-refractivity contribution in [1.29, 1.82) is 5.41 Å². The van der Waals surface area contributed by atoms with Crippen molar-refractivity contribution in [3.8, 4) is 0 Å². The van der Waals surface area contributed by atoms with Crippen LogP contribution >= 0.6 is 0 Å². The molecule has 0 spiro atoms. The molecule has 0 radical (unpaired) electrons. The maximum absolute atomic E-state index is 10.5. The summed E-state index contributed by atoms with van der Waals surface area (Å²) in [5.74, 6) is -2.78. The van der Waals surface area contributed by atoms with E-state index in [-0.39, 0.29) is 24.1 Å². The molecular formula is C8H9NO4. The number of carbonyl (C=O) groups is 2. The molecule has 1 atom stereocenters. The molecule has 1 unspecified atom stereocenters. The Labute approximate surface area is 74.2 Å². The fraction of sp³-hybridized carbons (Fsp3) is 0.375. The van der Waals surface area contributed by atoms with E-state index in [4.69, 9.17) is 15.6 Å². The second-order valence-corrected chi connectivity index (χ2v) is 2.88. The van der Waals surface area contributed by atoms with Crippen molar-refractivity contribution in [2.24, 2.45) is 5.92 Å². The zero-order valence-corrected chi connectivity index (χ0v) is 6.78. The van der Waals surface area contributed by atoms with Gasteiger partial charge in [-0.05, 0) is 6.42 Å². The van der Waals surface area contributed by atoms with Crippen LogP contribution in [0.3, 0.4) is 0 Å². The Hall–Kier alpha value is -1.65. The zero-order valence-electron chi connectivity index (χ0n) is 6.78. The maximum Gasteiger partial charge on any atom is 0.337 e. The van der Waals surface area contributed by atoms with Crippen LogP contribution in [0, 0.1) is 11.3 Å². The van der Waals surface area contributed by atoms with Crippen molar-refractivity contribution >= 4 is 17.7 Å². The number of hydrogen-bond acceptors (Lipinski definition) is 3. The summed E-state index contributed by atoms with van der Waals surface area (Å²) in [6, 6.07) is 0. The van der Waals surface area contributed by atoms with Gasteiger partial charge < -0.3 is 15.6 Å². The van der Waals surface area contributed by atoms with Gasteiger partial charge in [-0.1, -0.05) is 6.08 Å². The second-order valence-electron chi connectivity index (χ2n) is 2.88. The molecule has 70 valence electrons. The van der Waals surface area contributed by atoms with Gasteiger partial charge in [0.2, 0.25) is 0 Å². The lowest BCUT2D eigenvalue weighted by Crippen LogP contribution is -2.24. The predicted molar refractivity (Wildman–Crippen MR) is 43.8 cm³/mol. The third kappa shape index (κ3) is 1.93. The van der Waals surface area contributed by atoms with Gasteiger partial charge in [-0.2, -0.15) is 0 Å². The summed E-state index contributed by atoms with van der Waals surface area (Å²) in [6.07, 6.45) is 1.50. The molecule has 5 nitrogen and oxygen atoms in total. The van der Waals surface area contributed by atoms with Crippen LogP contribution < -0.4 is 0 Å². The molecule has 0 heterocycles. The van der Waals surface area contributed by atoms with Crippen LogP contribution in [0.4, 0.5) is 0 Å². The summed E-state index contributed by atoms with van der Waals surface area (Å²) in [5, 5.41) is 24.5. The van der Waals surface area contributed by atoms with Gasteiger partial charge in [0.1, 0.15) is 0 Å². The van der Waals surface area contributed by atoms with Gasteiger partial charge in [0, 0.05) is 12.1 Å². The second kappa shape index (κ2) is 3.38. The van der Waals surface area contributed by atoms with E-state index in [1.54, 1.807) is 0 Å². The van der Waals surface area contributed by atoms with Crippen LogP contribution in [0.2, 0.25) is 0 Å². The Bertz CT molecular complexity index is 305. The Morgan fingerprint density at radius 1 is 1.46 bits per heavy atom. The molecule has 3 N–H and O–H groups in total. The summed E-state index contributed by atoms with van der Waals surface area (Å²) in [7, 11) is 0. The first-order valence-corrected chi connectivity index (χ1v) is 3.76. The molecule has 0 aromatic heterocycles. The van der Waals surface area contributed by atoms with Gasteiger partial charge in [0.05, 0.1) is 11.5 Å². The van der Waals surface area contributed by atoms with E-state index >= 15 is 0 Å². The van der Waals surface area contributed by atoms with Crippen molar-refractivity contribution in [3.63, 3.8) is 0 Å². The molecular weight excluding hydrogens is 174 g/mol. The van der Waals surface area contributed by atoms with E-state index in [1.807, 2.05) is 0 Å². The van der Waals surface area contributed by atoms with Gasteiger partial charge in [0.15, 0.2) is 0 Å². The van der Waals surface area contributed by atoms with Gasteiger partial charge in [-0.25, -0.2) is 4.79 Å². The molecule has 0 aliphatic heterocycles. The van der Waals surface area contributed by atoms with E-state index in [1.165, 1.54) is 6.08 Å². The molecule has 0 saturated carbocycles. The molecule has 5 heteroatoms. The summed E-state index contributed by atoms with van der Waals surface area (Å²) < 4.78 is 0. The molecule has 1 aliphatic rings. The Balaban J connectivity index is 2.81. The molecule has 0 aromatic rings. The molecule has 0 fully saturated rings. The van der Waals surface area contributed by atoms with Crippen LogP contribution in [-0.2, 0) is 9.59 Å². The highest BCUT2D eigenvalue weighted by Gasteiger charge is 2.27. The first-order valence-electron chi connectivity index (χ1n) is 3.76. The quantitative estimate of drug-likeness (QED) is 0.580. The summed E-state index contributed by atoms with van der Waals surface area (Å²) in [5.41, 5.74) is -0.177. The van der Waals surface area contributed by atoms with Crippen molar-refractivity contribution in [3.05, 3.63) is 11.6 Å². The van der Waals surface area contributed by atoms with E-state index in [2.05, 4.69) is 0 Å². The molecule has 13 heavy (non-hydrogen) atoms. The van der Waals surface area contributed by atoms with Crippen molar-refractivity contribution in [2.75, 3.05) is 0 Å². The molecule has 0 saturated heterocycles. The van der Waals surface area contributed by atoms with Crippen LogP contribution in [0.5, 0.6) is 0 Å². The average Bonchev–Trinajstić information content (AvgIpc) is 2.03. The lowest BCUT2D eigenvalue weighted by molar-refractivity contribution is -0.141. The summed E-state index contributed by atoms with van der Waals surface area (Å²) in [6.45, 7) is 0. The third-order valence-corrected chi connectivity index (χ3v) is 1.96. The highest BCUT2D eigenvalue weighted by molar-refractivity contribution is 6.19. The number of aliphatic carboxylic acids is 2. The van der Waals surface area contributed by atoms with Gasteiger partial charge in [-0.15, -0.1) is 0 Å². The predicted octanol–water partition coefficient (Wildman–Crippen LogP) is 0.512. The maximum atomic E-state index is 10.5. The normalized spacial score (nSPS) is 22.3. The number of nitrogens with one attached hydrogen (secondary N) is 1. The van der Waals surface area contributed by atoms with Crippen LogP contribution in [0.15, 0.2) is 11.6 Å². The Morgan fingerprint density at radius 2 is 2.08 bits per heavy atom. The fourth-order valence-corrected chi connectivity index (χ4v) is 1.23. The fourth-order valence-electron chi connectivity index (χ4n) is 1.23. The number of carboxylic acid groups (broad SMARTS) is 2. The minimum atomic E-state index is -1.16. The van der Waals surface area contributed by atoms with E-state index in [0.29, 0.717) is 0 Å². The molecule has 0 bridgehead atoms. The van der Waals surface area contributed by atoms with Crippen molar-refractivity contribution in [1.82, 2.24) is 0 Å². The first kappa shape index (κ1) is 9.44. The standard InChI is InChI=1S/C8H9NO4/c9-6-3-4(7(10)11)1-2-5(6)8(12)13/h2,4,9H,1,3H2,(H,10,11)(H,12,13). The summed E-state index contributed by atoms with van der Waals surface area (Å²) >= 11 is 0. The SMILES string of the molecule is N=C1CC(C(=O)O)CC=C1C(=O)O. The van der Waals surface area contributed by atoms with Crippen LogP contribution in [0.25, 0.3) is 0 Å². The smallest absolute Gasteiger partial charge is 0.337 e. The Kier molecular flexibility index (Phi) is 2.46. The van der Waals surface area contributed by atoms with Crippen molar-refractivity contribution in [2.45, 2.75) is 12.8 Å². The Morgan fingerprint density at radius 3 is 2.46 bits per heavy atom. The largest absolute Gasteiger partial charge is 0.481 e. The molecule has 1 rings (SSSR count). The van der Waals surface area contributed by atoms with Gasteiger partial charge in [-0.3, -0.25) is 4.79 Å². The van der Waals surface area contributed by atoms with Crippen LogP contribution in [-0.4, -0.2) is 27.9 Å². The average molecular weight is 183 g/mol. The first-order chi connectivity index (χ1) is 6.02. The van der Waals surface area contributed by atoms with Crippen LogP contribution in [0.1, 0.15) is 12.8 Å². The topological polar surface area (TPSA) is 98.5 Å². The lowest BCUT2D eigenvalue weighted by atomic mass is 9.88. The number of hydrogen-bond donors (Lipinski definition) is 3. The molecule has 1 aliphatic carbocycles. The van der Waals surface area contributed by atoms with Crippen molar-refractivity contribution < 1.29 is 19.8 Å². The molecule has 0 amide bonds. The number of rotatable bonds is 2. The van der Waals surface area contributed by atoms with Gasteiger partial charge in [0.25, 0.3) is 0 Å². The van der Waals surface area contributed by atoms with Gasteiger partial charge >= 0.3 is 11.9 Å². The molecule has 0 aromatic carbocycles.